The average molecular weight is 429 g/mol. The van der Waals surface area contributed by atoms with E-state index in [1.165, 1.54) is 18.2 Å². The van der Waals surface area contributed by atoms with Crippen LogP contribution in [0.5, 0.6) is 5.75 Å². The SMILES string of the molecule is O=c1[nH]c(=O)c2cc(S(=O)(=O)Oc3ccc(-c4ccccc4)cc3Cl)ccc2[nH]1. The van der Waals surface area contributed by atoms with Gasteiger partial charge in [-0.1, -0.05) is 48.0 Å². The van der Waals surface area contributed by atoms with E-state index in [2.05, 4.69) is 4.98 Å². The summed E-state index contributed by atoms with van der Waals surface area (Å²) < 4.78 is 30.5. The second-order valence-electron chi connectivity index (χ2n) is 6.16. The molecule has 0 bridgehead atoms. The van der Waals surface area contributed by atoms with E-state index in [-0.39, 0.29) is 26.6 Å². The third-order valence-corrected chi connectivity index (χ3v) is 5.76. The first-order valence-corrected chi connectivity index (χ1v) is 10.2. The largest absolute Gasteiger partial charge is 0.377 e. The molecule has 1 aromatic heterocycles. The Morgan fingerprint density at radius 1 is 0.828 bits per heavy atom. The summed E-state index contributed by atoms with van der Waals surface area (Å²) in [6.07, 6.45) is 0. The summed E-state index contributed by atoms with van der Waals surface area (Å²) in [6, 6.07) is 17.9. The zero-order valence-electron chi connectivity index (χ0n) is 14.7. The summed E-state index contributed by atoms with van der Waals surface area (Å²) in [7, 11) is -4.26. The molecule has 146 valence electrons. The maximum absolute atomic E-state index is 12.7. The summed E-state index contributed by atoms with van der Waals surface area (Å²) in [5.74, 6) is -0.0400. The number of benzene rings is 3. The predicted octanol–water partition coefficient (Wildman–Crippen LogP) is 3.30. The van der Waals surface area contributed by atoms with Gasteiger partial charge in [0.2, 0.25) is 0 Å². The van der Waals surface area contributed by atoms with Gasteiger partial charge in [0.05, 0.1) is 15.9 Å². The molecule has 3 aromatic carbocycles. The Hall–Kier alpha value is -3.36. The molecule has 0 aliphatic heterocycles. The van der Waals surface area contributed by atoms with Crippen molar-refractivity contribution >= 4 is 32.6 Å². The van der Waals surface area contributed by atoms with Gasteiger partial charge in [0.1, 0.15) is 4.90 Å². The van der Waals surface area contributed by atoms with E-state index in [4.69, 9.17) is 15.8 Å². The first-order valence-electron chi connectivity index (χ1n) is 8.39. The van der Waals surface area contributed by atoms with Crippen molar-refractivity contribution in [3.63, 3.8) is 0 Å². The maximum Gasteiger partial charge on any atom is 0.339 e. The number of H-pyrrole nitrogens is 2. The van der Waals surface area contributed by atoms with Crippen LogP contribution in [0.15, 0.2) is 81.2 Å². The molecule has 0 radical (unpaired) electrons. The molecule has 7 nitrogen and oxygen atoms in total. The number of halogens is 1. The highest BCUT2D eigenvalue weighted by atomic mass is 35.5. The van der Waals surface area contributed by atoms with E-state index >= 15 is 0 Å². The molecule has 0 spiro atoms. The van der Waals surface area contributed by atoms with Crippen LogP contribution in [0.3, 0.4) is 0 Å². The molecule has 1 heterocycles. The third kappa shape index (κ3) is 3.80. The third-order valence-electron chi connectivity index (χ3n) is 4.24. The molecule has 4 rings (SSSR count). The maximum atomic E-state index is 12.7. The molecule has 9 heteroatoms. The van der Waals surface area contributed by atoms with E-state index in [0.717, 1.165) is 17.2 Å². The van der Waals surface area contributed by atoms with Crippen LogP contribution in [0.25, 0.3) is 22.0 Å². The minimum absolute atomic E-state index is 0.0137. The van der Waals surface area contributed by atoms with Crippen molar-refractivity contribution in [2.45, 2.75) is 4.90 Å². The van der Waals surface area contributed by atoms with E-state index in [1.54, 1.807) is 12.1 Å². The lowest BCUT2D eigenvalue weighted by atomic mass is 10.1. The quantitative estimate of drug-likeness (QED) is 0.485. The van der Waals surface area contributed by atoms with Crippen LogP contribution >= 0.6 is 11.6 Å². The van der Waals surface area contributed by atoms with Crippen molar-refractivity contribution in [2.75, 3.05) is 0 Å². The van der Waals surface area contributed by atoms with Gasteiger partial charge in [-0.05, 0) is 41.5 Å². The number of hydrogen-bond acceptors (Lipinski definition) is 5. The minimum Gasteiger partial charge on any atom is -0.377 e. The fourth-order valence-corrected chi connectivity index (χ4v) is 4.08. The molecule has 29 heavy (non-hydrogen) atoms. The van der Waals surface area contributed by atoms with Gasteiger partial charge in [-0.2, -0.15) is 8.42 Å². The smallest absolute Gasteiger partial charge is 0.339 e. The van der Waals surface area contributed by atoms with Crippen molar-refractivity contribution in [1.82, 2.24) is 9.97 Å². The molecule has 0 saturated heterocycles. The van der Waals surface area contributed by atoms with Gasteiger partial charge in [0.25, 0.3) is 5.56 Å². The molecule has 0 saturated carbocycles. The van der Waals surface area contributed by atoms with Gasteiger partial charge >= 0.3 is 15.8 Å². The average Bonchev–Trinajstić information content (AvgIpc) is 2.69. The van der Waals surface area contributed by atoms with Crippen LogP contribution in [0.1, 0.15) is 0 Å². The lowest BCUT2D eigenvalue weighted by Gasteiger charge is -2.10. The van der Waals surface area contributed by atoms with E-state index in [9.17, 15) is 18.0 Å². The second kappa shape index (κ2) is 7.23. The molecule has 0 amide bonds. The first-order chi connectivity index (χ1) is 13.8. The van der Waals surface area contributed by atoms with Crippen LogP contribution < -0.4 is 15.4 Å². The van der Waals surface area contributed by atoms with Gasteiger partial charge in [-0.15, -0.1) is 0 Å². The van der Waals surface area contributed by atoms with Gasteiger partial charge < -0.3 is 9.17 Å². The molecule has 4 aromatic rings. The Morgan fingerprint density at radius 3 is 2.31 bits per heavy atom. The Labute approximate surface area is 169 Å². The molecular weight excluding hydrogens is 416 g/mol. The fraction of sp³-hybridized carbons (Fsp3) is 0. The number of aromatic amines is 2. The van der Waals surface area contributed by atoms with Crippen LogP contribution in [0, 0.1) is 0 Å². The van der Waals surface area contributed by atoms with Crippen molar-refractivity contribution in [2.24, 2.45) is 0 Å². The Morgan fingerprint density at radius 2 is 1.59 bits per heavy atom. The molecule has 2 N–H and O–H groups in total. The molecule has 0 unspecified atom stereocenters. The summed E-state index contributed by atoms with van der Waals surface area (Å²) in [4.78, 5) is 27.5. The van der Waals surface area contributed by atoms with Gasteiger partial charge in [-0.3, -0.25) is 9.78 Å². The predicted molar refractivity (Wildman–Crippen MR) is 110 cm³/mol. The standard InChI is InChI=1S/C20H13ClN2O5S/c21-16-10-13(12-4-2-1-3-5-12)6-9-18(16)28-29(26,27)14-7-8-17-15(11-14)19(24)23-20(25)22-17/h1-11H,(H2,22,23,24,25). The van der Waals surface area contributed by atoms with E-state index in [1.807, 2.05) is 35.3 Å². The van der Waals surface area contributed by atoms with E-state index < -0.39 is 21.4 Å². The number of nitrogens with one attached hydrogen (secondary N) is 2. The molecule has 0 aliphatic rings. The normalized spacial score (nSPS) is 11.5. The van der Waals surface area contributed by atoms with Gasteiger partial charge in [0, 0.05) is 0 Å². The van der Waals surface area contributed by atoms with Crippen LogP contribution in [-0.2, 0) is 10.1 Å². The van der Waals surface area contributed by atoms with Crippen molar-refractivity contribution in [3.05, 3.63) is 92.6 Å². The summed E-state index contributed by atoms with van der Waals surface area (Å²) in [5.41, 5.74) is 0.557. The van der Waals surface area contributed by atoms with Gasteiger partial charge in [0.15, 0.2) is 5.75 Å². The first kappa shape index (κ1) is 19.0. The summed E-state index contributed by atoms with van der Waals surface area (Å²) >= 11 is 6.23. The highest BCUT2D eigenvalue weighted by Gasteiger charge is 2.20. The number of fused-ring (bicyclic) bond motifs is 1. The lowest BCUT2D eigenvalue weighted by molar-refractivity contribution is 0.486. The number of rotatable bonds is 4. The van der Waals surface area contributed by atoms with Crippen molar-refractivity contribution in [1.29, 1.82) is 0 Å². The lowest BCUT2D eigenvalue weighted by Crippen LogP contribution is -2.22. The van der Waals surface area contributed by atoms with Gasteiger partial charge in [-0.25, -0.2) is 4.79 Å². The topological polar surface area (TPSA) is 109 Å². The molecule has 0 fully saturated rings. The Balaban J connectivity index is 1.69. The summed E-state index contributed by atoms with van der Waals surface area (Å²) in [5, 5.41) is 0.137. The fourth-order valence-electron chi connectivity index (χ4n) is 2.84. The minimum atomic E-state index is -4.26. The molecule has 0 atom stereocenters. The zero-order chi connectivity index (χ0) is 20.6. The zero-order valence-corrected chi connectivity index (χ0v) is 16.3. The van der Waals surface area contributed by atoms with Crippen LogP contribution in [-0.4, -0.2) is 18.4 Å². The van der Waals surface area contributed by atoms with E-state index in [0.29, 0.717) is 0 Å². The highest BCUT2D eigenvalue weighted by Crippen LogP contribution is 2.32. The van der Waals surface area contributed by atoms with Crippen LogP contribution in [0.2, 0.25) is 5.02 Å². The Bertz CT molecular complexity index is 1440. The summed E-state index contributed by atoms with van der Waals surface area (Å²) in [6.45, 7) is 0. The van der Waals surface area contributed by atoms with Crippen LogP contribution in [0.4, 0.5) is 0 Å². The van der Waals surface area contributed by atoms with Crippen molar-refractivity contribution < 1.29 is 12.6 Å². The number of aromatic nitrogens is 2. The number of hydrogen-bond donors (Lipinski definition) is 2. The monoisotopic (exact) mass is 428 g/mol. The molecular formula is C20H13ClN2O5S. The Kier molecular flexibility index (Phi) is 4.73. The highest BCUT2D eigenvalue weighted by molar-refractivity contribution is 7.87. The van der Waals surface area contributed by atoms with Crippen molar-refractivity contribution in [3.8, 4) is 16.9 Å². The molecule has 0 aliphatic carbocycles. The second-order valence-corrected chi connectivity index (χ2v) is 8.12.